The van der Waals surface area contributed by atoms with E-state index in [1.807, 2.05) is 55.1 Å². The van der Waals surface area contributed by atoms with Crippen LogP contribution in [0.3, 0.4) is 0 Å². The average molecular weight is 294 g/mol. The molecule has 1 heteroatoms. The second-order valence-electron chi connectivity index (χ2n) is 5.49. The van der Waals surface area contributed by atoms with E-state index >= 15 is 0 Å². The van der Waals surface area contributed by atoms with Gasteiger partial charge < -0.3 is 0 Å². The van der Waals surface area contributed by atoms with Gasteiger partial charge in [-0.2, -0.15) is 0 Å². The van der Waals surface area contributed by atoms with E-state index in [1.165, 1.54) is 0 Å². The molecule has 1 nitrogen and oxygen atoms in total. The molecule has 0 aliphatic carbocycles. The maximum Gasteiger partial charge on any atom is 0.212 e. The van der Waals surface area contributed by atoms with E-state index in [2.05, 4.69) is 0 Å². The predicted octanol–water partition coefficient (Wildman–Crippen LogP) is 4.77. The highest BCUT2D eigenvalue weighted by molar-refractivity contribution is 5.69. The van der Waals surface area contributed by atoms with Crippen molar-refractivity contribution in [1.29, 1.82) is 0 Å². The maximum absolute atomic E-state index is 8.01. The molecule has 3 aromatic rings. The van der Waals surface area contributed by atoms with Gasteiger partial charge in [-0.3, -0.25) is 0 Å². The minimum Gasteiger partial charge on any atom is -0.200 e. The standard InChI is InChI=1S/C21H22N/c1-15-10-11-19(16(2)12-15)21-13-17(3)20(14-22(21)4)18-8-6-5-7-9-18/h5-14H,1-4H3/q+1/i1D3,3D3. The molecule has 0 unspecified atom stereocenters. The summed E-state index contributed by atoms with van der Waals surface area (Å²) < 4.78 is 48.7. The van der Waals surface area contributed by atoms with Crippen molar-refractivity contribution in [2.24, 2.45) is 7.05 Å². The average Bonchev–Trinajstić information content (AvgIpc) is 2.61. The van der Waals surface area contributed by atoms with Gasteiger partial charge in [-0.25, -0.2) is 4.57 Å². The van der Waals surface area contributed by atoms with Crippen molar-refractivity contribution < 1.29 is 12.8 Å². The summed E-state index contributed by atoms with van der Waals surface area (Å²) in [5.41, 5.74) is 4.35. The molecular weight excluding hydrogens is 266 g/mol. The fourth-order valence-corrected chi connectivity index (χ4v) is 2.72. The first-order valence-corrected chi connectivity index (χ1v) is 7.19. The summed E-state index contributed by atoms with van der Waals surface area (Å²) in [6.07, 6.45) is 1.82. The van der Waals surface area contributed by atoms with Gasteiger partial charge in [0.1, 0.15) is 7.05 Å². The lowest BCUT2D eigenvalue weighted by Crippen LogP contribution is -2.31. The summed E-state index contributed by atoms with van der Waals surface area (Å²) in [4.78, 5) is 0. The van der Waals surface area contributed by atoms with Crippen molar-refractivity contribution in [3.63, 3.8) is 0 Å². The number of hydrogen-bond donors (Lipinski definition) is 0. The summed E-state index contributed by atoms with van der Waals surface area (Å²) in [6.45, 7) is -2.61. The molecule has 22 heavy (non-hydrogen) atoms. The third-order valence-corrected chi connectivity index (χ3v) is 3.86. The molecule has 3 rings (SSSR count). The predicted molar refractivity (Wildman–Crippen MR) is 92.7 cm³/mol. The molecule has 0 aliphatic rings. The Morgan fingerprint density at radius 2 is 1.68 bits per heavy atom. The molecule has 0 atom stereocenters. The highest BCUT2D eigenvalue weighted by Gasteiger charge is 2.16. The molecule has 0 saturated carbocycles. The van der Waals surface area contributed by atoms with Crippen LogP contribution in [0.15, 0.2) is 60.8 Å². The van der Waals surface area contributed by atoms with Crippen LogP contribution in [0, 0.1) is 20.6 Å². The Morgan fingerprint density at radius 3 is 2.36 bits per heavy atom. The second-order valence-corrected chi connectivity index (χ2v) is 5.49. The first-order valence-electron chi connectivity index (χ1n) is 10.2. The quantitative estimate of drug-likeness (QED) is 0.599. The van der Waals surface area contributed by atoms with Crippen LogP contribution in [0.5, 0.6) is 0 Å². The van der Waals surface area contributed by atoms with E-state index < -0.39 is 13.7 Å². The number of pyridine rings is 1. The Bertz CT molecular complexity index is 1000. The smallest absolute Gasteiger partial charge is 0.200 e. The zero-order valence-corrected chi connectivity index (χ0v) is 12.7. The van der Waals surface area contributed by atoms with Gasteiger partial charge in [-0.05, 0) is 43.4 Å². The Balaban J connectivity index is 2.21. The molecule has 0 saturated heterocycles. The van der Waals surface area contributed by atoms with Crippen molar-refractivity contribution in [2.75, 3.05) is 0 Å². The number of aromatic nitrogens is 1. The van der Waals surface area contributed by atoms with Crippen LogP contribution < -0.4 is 4.57 Å². The number of rotatable bonds is 2. The normalized spacial score (nSPS) is 15.9. The van der Waals surface area contributed by atoms with Gasteiger partial charge in [-0.15, -0.1) is 0 Å². The molecule has 110 valence electrons. The molecule has 0 bridgehead atoms. The lowest BCUT2D eigenvalue weighted by Gasteiger charge is -2.10. The molecule has 0 amide bonds. The van der Waals surface area contributed by atoms with Crippen molar-refractivity contribution in [3.05, 3.63) is 77.5 Å². The van der Waals surface area contributed by atoms with Gasteiger partial charge in [0.05, 0.1) is 0 Å². The monoisotopic (exact) mass is 294 g/mol. The van der Waals surface area contributed by atoms with Crippen LogP contribution >= 0.6 is 0 Å². The van der Waals surface area contributed by atoms with Crippen molar-refractivity contribution in [1.82, 2.24) is 0 Å². The Morgan fingerprint density at radius 1 is 0.864 bits per heavy atom. The summed E-state index contributed by atoms with van der Waals surface area (Å²) in [7, 11) is 1.86. The molecule has 1 aromatic heterocycles. The molecule has 0 fully saturated rings. The summed E-state index contributed by atoms with van der Waals surface area (Å²) in [5, 5.41) is 0. The van der Waals surface area contributed by atoms with E-state index in [1.54, 1.807) is 24.3 Å². The maximum atomic E-state index is 8.01. The zero-order chi connectivity index (χ0) is 20.7. The van der Waals surface area contributed by atoms with Crippen molar-refractivity contribution >= 4 is 0 Å². The topological polar surface area (TPSA) is 3.88 Å². The molecular formula is C21H22N+. The van der Waals surface area contributed by atoms with E-state index in [0.717, 1.165) is 22.4 Å². The number of benzene rings is 2. The molecule has 0 N–H and O–H groups in total. The summed E-state index contributed by atoms with van der Waals surface area (Å²) >= 11 is 0. The Labute approximate surface area is 141 Å². The molecule has 2 aromatic carbocycles. The van der Waals surface area contributed by atoms with Gasteiger partial charge in [0, 0.05) is 25.4 Å². The molecule has 0 aliphatic heterocycles. The largest absolute Gasteiger partial charge is 0.212 e. The van der Waals surface area contributed by atoms with E-state index in [-0.39, 0.29) is 11.1 Å². The third-order valence-electron chi connectivity index (χ3n) is 3.86. The van der Waals surface area contributed by atoms with Gasteiger partial charge in [0.2, 0.25) is 5.69 Å². The van der Waals surface area contributed by atoms with E-state index in [0.29, 0.717) is 5.56 Å². The van der Waals surface area contributed by atoms with Gasteiger partial charge in [-0.1, -0.05) is 48.0 Å². The van der Waals surface area contributed by atoms with Crippen molar-refractivity contribution in [2.45, 2.75) is 20.6 Å². The minimum atomic E-state index is -2.28. The molecule has 1 heterocycles. The fraction of sp³-hybridized carbons (Fsp3) is 0.190. The molecule has 0 radical (unpaired) electrons. The van der Waals surface area contributed by atoms with Crippen LogP contribution in [-0.2, 0) is 7.05 Å². The lowest BCUT2D eigenvalue weighted by molar-refractivity contribution is -0.660. The number of hydrogen-bond acceptors (Lipinski definition) is 0. The lowest BCUT2D eigenvalue weighted by atomic mass is 9.97. The van der Waals surface area contributed by atoms with Crippen LogP contribution in [0.25, 0.3) is 22.4 Å². The first-order chi connectivity index (χ1) is 13.0. The zero-order valence-electron chi connectivity index (χ0n) is 18.7. The van der Waals surface area contributed by atoms with Crippen molar-refractivity contribution in [3.8, 4) is 22.4 Å². The first kappa shape index (κ1) is 8.89. The Kier molecular flexibility index (Phi) is 2.33. The number of aryl methyl sites for hydroxylation is 4. The molecule has 0 spiro atoms. The van der Waals surface area contributed by atoms with Gasteiger partial charge in [0.15, 0.2) is 6.20 Å². The van der Waals surface area contributed by atoms with Crippen LogP contribution in [0.4, 0.5) is 0 Å². The summed E-state index contributed by atoms with van der Waals surface area (Å²) in [6, 6.07) is 16.1. The SMILES string of the molecule is [2H]C([2H])([2H])c1ccc(-c2cc(C([2H])([2H])[2H])c(-c3ccccc3)c[n+]2C)c(C)c1. The van der Waals surface area contributed by atoms with Gasteiger partial charge in [0.25, 0.3) is 0 Å². The van der Waals surface area contributed by atoms with Crippen LogP contribution in [0.2, 0.25) is 0 Å². The third kappa shape index (κ3) is 2.67. The van der Waals surface area contributed by atoms with Gasteiger partial charge >= 0.3 is 0 Å². The highest BCUT2D eigenvalue weighted by atomic mass is 14.9. The Hall–Kier alpha value is -2.41. The van der Waals surface area contributed by atoms with E-state index in [9.17, 15) is 0 Å². The second kappa shape index (κ2) is 5.76. The van der Waals surface area contributed by atoms with Crippen LogP contribution in [-0.4, -0.2) is 0 Å². The highest BCUT2D eigenvalue weighted by Crippen LogP contribution is 2.27. The van der Waals surface area contributed by atoms with Crippen LogP contribution in [0.1, 0.15) is 24.9 Å². The minimum absolute atomic E-state index is 0.270. The fourth-order valence-electron chi connectivity index (χ4n) is 2.72. The number of nitrogens with zero attached hydrogens (tertiary/aromatic N) is 1. The summed E-state index contributed by atoms with van der Waals surface area (Å²) in [5.74, 6) is 0. The van der Waals surface area contributed by atoms with E-state index in [4.69, 9.17) is 8.22 Å².